The first kappa shape index (κ1) is 12.2. The molecule has 1 N–H and O–H groups in total. The number of aryl methyl sites for hydroxylation is 2. The molecule has 1 aromatic heterocycles. The van der Waals surface area contributed by atoms with Crippen molar-refractivity contribution in [2.45, 2.75) is 32.6 Å². The summed E-state index contributed by atoms with van der Waals surface area (Å²) in [4.78, 5) is 4.70. The Labute approximate surface area is 115 Å². The maximum atomic E-state index is 5.95. The first-order chi connectivity index (χ1) is 8.66. The summed E-state index contributed by atoms with van der Waals surface area (Å²) < 4.78 is 7.09. The molecule has 0 radical (unpaired) electrons. The SMILES string of the molecule is Cc1cc2oc(C3CCCNC3)nc2c(C)c1Br. The molecule has 3 rings (SSSR count). The van der Waals surface area contributed by atoms with Crippen LogP contribution in [0.3, 0.4) is 0 Å². The fourth-order valence-corrected chi connectivity index (χ4v) is 2.91. The maximum Gasteiger partial charge on any atom is 0.199 e. The largest absolute Gasteiger partial charge is 0.440 e. The topological polar surface area (TPSA) is 38.1 Å². The summed E-state index contributed by atoms with van der Waals surface area (Å²) >= 11 is 3.61. The Bertz CT molecular complexity index is 585. The molecule has 1 aliphatic rings. The molecule has 0 aliphatic carbocycles. The summed E-state index contributed by atoms with van der Waals surface area (Å²) in [5, 5.41) is 3.41. The van der Waals surface area contributed by atoms with Crippen molar-refractivity contribution in [2.75, 3.05) is 13.1 Å². The van der Waals surface area contributed by atoms with Gasteiger partial charge in [0, 0.05) is 16.9 Å². The van der Waals surface area contributed by atoms with Crippen molar-refractivity contribution in [1.29, 1.82) is 0 Å². The second kappa shape index (κ2) is 4.67. The molecule has 1 aromatic carbocycles. The van der Waals surface area contributed by atoms with Gasteiger partial charge in [0.1, 0.15) is 5.52 Å². The first-order valence-corrected chi connectivity index (χ1v) is 7.23. The highest BCUT2D eigenvalue weighted by molar-refractivity contribution is 9.10. The van der Waals surface area contributed by atoms with Gasteiger partial charge in [0.05, 0.1) is 0 Å². The van der Waals surface area contributed by atoms with E-state index >= 15 is 0 Å². The number of oxazole rings is 1. The Hall–Kier alpha value is -0.870. The van der Waals surface area contributed by atoms with Crippen molar-refractivity contribution >= 4 is 27.0 Å². The monoisotopic (exact) mass is 308 g/mol. The summed E-state index contributed by atoms with van der Waals surface area (Å²) in [5.74, 6) is 1.31. The number of benzene rings is 1. The minimum atomic E-state index is 0.421. The van der Waals surface area contributed by atoms with E-state index in [9.17, 15) is 0 Å². The van der Waals surface area contributed by atoms with Crippen LogP contribution in [0.4, 0.5) is 0 Å². The molecule has 1 fully saturated rings. The third-order valence-electron chi connectivity index (χ3n) is 3.69. The zero-order valence-corrected chi connectivity index (χ0v) is 12.3. The highest BCUT2D eigenvalue weighted by atomic mass is 79.9. The number of nitrogens with one attached hydrogen (secondary N) is 1. The average molecular weight is 309 g/mol. The third-order valence-corrected chi connectivity index (χ3v) is 4.91. The van der Waals surface area contributed by atoms with E-state index in [1.54, 1.807) is 0 Å². The van der Waals surface area contributed by atoms with E-state index in [2.05, 4.69) is 41.2 Å². The maximum absolute atomic E-state index is 5.95. The lowest BCUT2D eigenvalue weighted by Gasteiger charge is -2.19. The van der Waals surface area contributed by atoms with Gasteiger partial charge in [-0.25, -0.2) is 4.98 Å². The van der Waals surface area contributed by atoms with Crippen LogP contribution in [0.2, 0.25) is 0 Å². The van der Waals surface area contributed by atoms with Crippen LogP contribution in [0.5, 0.6) is 0 Å². The molecule has 4 heteroatoms. The van der Waals surface area contributed by atoms with E-state index in [0.29, 0.717) is 5.92 Å². The van der Waals surface area contributed by atoms with Crippen LogP contribution >= 0.6 is 15.9 Å². The Morgan fingerprint density at radius 3 is 3.00 bits per heavy atom. The number of fused-ring (bicyclic) bond motifs is 1. The van der Waals surface area contributed by atoms with Gasteiger partial charge in [0.2, 0.25) is 0 Å². The summed E-state index contributed by atoms with van der Waals surface area (Å²) in [6.07, 6.45) is 2.37. The van der Waals surface area contributed by atoms with Crippen LogP contribution in [-0.2, 0) is 0 Å². The van der Waals surface area contributed by atoms with E-state index in [0.717, 1.165) is 34.6 Å². The highest BCUT2D eigenvalue weighted by Gasteiger charge is 2.21. The third kappa shape index (κ3) is 1.97. The molecule has 0 bridgehead atoms. The van der Waals surface area contributed by atoms with Gasteiger partial charge >= 0.3 is 0 Å². The van der Waals surface area contributed by atoms with Crippen LogP contribution in [0.1, 0.15) is 35.8 Å². The molecule has 1 aliphatic heterocycles. The predicted octanol–water partition coefficient (Wildman–Crippen LogP) is 3.67. The molecule has 0 saturated carbocycles. The van der Waals surface area contributed by atoms with E-state index in [4.69, 9.17) is 9.40 Å². The standard InChI is InChI=1S/C14H17BrN2O/c1-8-6-11-13(9(2)12(8)15)17-14(18-11)10-4-3-5-16-7-10/h6,10,16H,3-5,7H2,1-2H3. The predicted molar refractivity (Wildman–Crippen MR) is 76.0 cm³/mol. The van der Waals surface area contributed by atoms with Crippen LogP contribution < -0.4 is 5.32 Å². The van der Waals surface area contributed by atoms with Gasteiger partial charge in [-0.2, -0.15) is 0 Å². The number of hydrogen-bond donors (Lipinski definition) is 1. The molecule has 96 valence electrons. The van der Waals surface area contributed by atoms with Crippen LogP contribution in [-0.4, -0.2) is 18.1 Å². The lowest BCUT2D eigenvalue weighted by molar-refractivity contribution is 0.387. The zero-order valence-electron chi connectivity index (χ0n) is 10.7. The van der Waals surface area contributed by atoms with Gasteiger partial charge < -0.3 is 9.73 Å². The van der Waals surface area contributed by atoms with Crippen LogP contribution in [0.25, 0.3) is 11.1 Å². The Kier molecular flexibility index (Phi) is 3.16. The van der Waals surface area contributed by atoms with Gasteiger partial charge in [-0.05, 0) is 50.4 Å². The summed E-state index contributed by atoms with van der Waals surface area (Å²) in [6, 6.07) is 2.07. The quantitative estimate of drug-likeness (QED) is 0.873. The fourth-order valence-electron chi connectivity index (χ4n) is 2.61. The number of aromatic nitrogens is 1. The van der Waals surface area contributed by atoms with Crippen LogP contribution in [0, 0.1) is 13.8 Å². The Morgan fingerprint density at radius 1 is 1.44 bits per heavy atom. The fraction of sp³-hybridized carbons (Fsp3) is 0.500. The molecule has 2 aromatic rings. The minimum Gasteiger partial charge on any atom is -0.440 e. The second-order valence-corrected chi connectivity index (χ2v) is 5.87. The molecule has 2 heterocycles. The van der Waals surface area contributed by atoms with Crippen molar-refractivity contribution in [3.8, 4) is 0 Å². The van der Waals surface area contributed by atoms with Gasteiger partial charge in [-0.3, -0.25) is 0 Å². The van der Waals surface area contributed by atoms with Crippen LogP contribution in [0.15, 0.2) is 15.0 Å². The van der Waals surface area contributed by atoms with E-state index in [1.165, 1.54) is 24.0 Å². The molecule has 0 spiro atoms. The number of hydrogen-bond acceptors (Lipinski definition) is 3. The molecule has 0 amide bonds. The summed E-state index contributed by atoms with van der Waals surface area (Å²) in [6.45, 7) is 6.26. The van der Waals surface area contributed by atoms with E-state index in [-0.39, 0.29) is 0 Å². The van der Waals surface area contributed by atoms with Gasteiger partial charge in [0.15, 0.2) is 11.5 Å². The first-order valence-electron chi connectivity index (χ1n) is 6.43. The highest BCUT2D eigenvalue weighted by Crippen LogP contribution is 2.32. The second-order valence-electron chi connectivity index (χ2n) is 5.07. The van der Waals surface area contributed by atoms with Crippen molar-refractivity contribution < 1.29 is 4.42 Å². The van der Waals surface area contributed by atoms with Gasteiger partial charge in [-0.1, -0.05) is 15.9 Å². The molecule has 1 saturated heterocycles. The van der Waals surface area contributed by atoms with Crippen molar-refractivity contribution in [3.63, 3.8) is 0 Å². The number of halogens is 1. The normalized spacial score (nSPS) is 20.5. The number of piperidine rings is 1. The molecule has 1 unspecified atom stereocenters. The van der Waals surface area contributed by atoms with Gasteiger partial charge in [-0.15, -0.1) is 0 Å². The lowest BCUT2D eigenvalue weighted by Crippen LogP contribution is -2.28. The van der Waals surface area contributed by atoms with Crippen molar-refractivity contribution in [2.24, 2.45) is 0 Å². The Balaban J connectivity index is 2.07. The van der Waals surface area contributed by atoms with Gasteiger partial charge in [0.25, 0.3) is 0 Å². The smallest absolute Gasteiger partial charge is 0.199 e. The zero-order chi connectivity index (χ0) is 12.7. The minimum absolute atomic E-state index is 0.421. The van der Waals surface area contributed by atoms with E-state index < -0.39 is 0 Å². The lowest BCUT2D eigenvalue weighted by atomic mass is 10.00. The molecular formula is C14H17BrN2O. The summed E-state index contributed by atoms with van der Waals surface area (Å²) in [7, 11) is 0. The average Bonchev–Trinajstić information content (AvgIpc) is 2.81. The molecule has 18 heavy (non-hydrogen) atoms. The molecular weight excluding hydrogens is 292 g/mol. The number of nitrogens with zero attached hydrogens (tertiary/aromatic N) is 1. The Morgan fingerprint density at radius 2 is 2.28 bits per heavy atom. The molecule has 1 atom stereocenters. The van der Waals surface area contributed by atoms with Crippen molar-refractivity contribution in [1.82, 2.24) is 10.3 Å². The van der Waals surface area contributed by atoms with E-state index in [1.807, 2.05) is 0 Å². The molecule has 3 nitrogen and oxygen atoms in total. The number of rotatable bonds is 1. The summed E-state index contributed by atoms with van der Waals surface area (Å²) in [5.41, 5.74) is 4.27. The van der Waals surface area contributed by atoms with Crippen molar-refractivity contribution in [3.05, 3.63) is 27.6 Å².